The van der Waals surface area contributed by atoms with Gasteiger partial charge in [-0.25, -0.2) is 9.97 Å². The van der Waals surface area contributed by atoms with E-state index in [1.54, 1.807) is 0 Å². The van der Waals surface area contributed by atoms with Crippen LogP contribution in [0.25, 0.3) is 11.2 Å². The molecule has 0 spiro atoms. The maximum atomic E-state index is 4.55. The summed E-state index contributed by atoms with van der Waals surface area (Å²) >= 11 is 1.97. The summed E-state index contributed by atoms with van der Waals surface area (Å²) in [5, 5.41) is 3.47. The lowest BCUT2D eigenvalue weighted by Crippen LogP contribution is -2.30. The molecule has 0 aliphatic carbocycles. The molecular formula is C11H14N4S. The van der Waals surface area contributed by atoms with Crippen molar-refractivity contribution in [3.8, 4) is 0 Å². The van der Waals surface area contributed by atoms with Crippen LogP contribution in [0.4, 0.5) is 0 Å². The van der Waals surface area contributed by atoms with Gasteiger partial charge in [0.1, 0.15) is 5.82 Å². The van der Waals surface area contributed by atoms with E-state index in [4.69, 9.17) is 0 Å². The smallest absolute Gasteiger partial charge is 0.178 e. The summed E-state index contributed by atoms with van der Waals surface area (Å²) in [4.78, 5) is 12.2. The zero-order valence-electron chi connectivity index (χ0n) is 9.16. The molecule has 2 N–H and O–H groups in total. The second-order valence-corrected chi connectivity index (χ2v) is 5.18. The lowest BCUT2D eigenvalue weighted by Gasteiger charge is -2.20. The van der Waals surface area contributed by atoms with Crippen molar-refractivity contribution in [3.05, 3.63) is 23.7 Å². The Kier molecular flexibility index (Phi) is 2.57. The minimum atomic E-state index is 0.340. The first-order valence-corrected chi connectivity index (χ1v) is 6.62. The molecule has 3 heterocycles. The van der Waals surface area contributed by atoms with E-state index in [0.717, 1.165) is 29.3 Å². The molecule has 0 aromatic carbocycles. The number of hydrogen-bond donors (Lipinski definition) is 2. The summed E-state index contributed by atoms with van der Waals surface area (Å²) < 4.78 is 0. The van der Waals surface area contributed by atoms with Crippen molar-refractivity contribution in [2.24, 2.45) is 0 Å². The summed E-state index contributed by atoms with van der Waals surface area (Å²) in [5.41, 5.74) is 3.09. The summed E-state index contributed by atoms with van der Waals surface area (Å²) in [5.74, 6) is 3.29. The highest BCUT2D eigenvalue weighted by Gasteiger charge is 2.19. The maximum absolute atomic E-state index is 4.55. The molecule has 84 valence electrons. The Bertz CT molecular complexity index is 502. The Balaban J connectivity index is 2.01. The Morgan fingerprint density at radius 1 is 1.50 bits per heavy atom. The minimum absolute atomic E-state index is 0.340. The van der Waals surface area contributed by atoms with Crippen molar-refractivity contribution in [1.82, 2.24) is 20.3 Å². The fourth-order valence-corrected chi connectivity index (χ4v) is 2.90. The van der Waals surface area contributed by atoms with E-state index < -0.39 is 0 Å². The fourth-order valence-electron chi connectivity index (χ4n) is 1.96. The fraction of sp³-hybridized carbons (Fsp3) is 0.455. The molecule has 5 heteroatoms. The van der Waals surface area contributed by atoms with Crippen LogP contribution in [0.15, 0.2) is 12.3 Å². The zero-order chi connectivity index (χ0) is 11.0. The number of imidazole rings is 1. The highest BCUT2D eigenvalue weighted by molar-refractivity contribution is 7.99. The third-order valence-electron chi connectivity index (χ3n) is 2.87. The van der Waals surface area contributed by atoms with Crippen LogP contribution in [0, 0.1) is 6.92 Å². The van der Waals surface area contributed by atoms with Gasteiger partial charge in [-0.1, -0.05) is 0 Å². The molecule has 16 heavy (non-hydrogen) atoms. The van der Waals surface area contributed by atoms with E-state index >= 15 is 0 Å². The topological polar surface area (TPSA) is 53.6 Å². The largest absolute Gasteiger partial charge is 0.339 e. The Labute approximate surface area is 98.3 Å². The van der Waals surface area contributed by atoms with Gasteiger partial charge in [-0.05, 0) is 18.6 Å². The average molecular weight is 234 g/mol. The number of pyridine rings is 1. The SMILES string of the molecule is Cc1ccnc2nc(C3CSCCN3)[nH]c12. The number of aryl methyl sites for hydroxylation is 1. The van der Waals surface area contributed by atoms with E-state index in [9.17, 15) is 0 Å². The van der Waals surface area contributed by atoms with Crippen molar-refractivity contribution in [3.63, 3.8) is 0 Å². The normalized spacial score (nSPS) is 21.4. The molecule has 1 aliphatic rings. The molecule has 0 radical (unpaired) electrons. The van der Waals surface area contributed by atoms with Gasteiger partial charge < -0.3 is 10.3 Å². The van der Waals surface area contributed by atoms with Gasteiger partial charge in [0.15, 0.2) is 5.65 Å². The average Bonchev–Trinajstić information content (AvgIpc) is 2.76. The number of aromatic amines is 1. The van der Waals surface area contributed by atoms with Gasteiger partial charge in [-0.2, -0.15) is 11.8 Å². The van der Waals surface area contributed by atoms with Gasteiger partial charge in [0.05, 0.1) is 11.6 Å². The number of nitrogens with one attached hydrogen (secondary N) is 2. The maximum Gasteiger partial charge on any atom is 0.178 e. The van der Waals surface area contributed by atoms with Crippen LogP contribution >= 0.6 is 11.8 Å². The molecule has 2 aromatic heterocycles. The standard InChI is InChI=1S/C11H14N4S/c1-7-2-3-13-11-9(7)14-10(15-11)8-6-16-5-4-12-8/h2-3,8,12H,4-6H2,1H3,(H,13,14,15). The van der Waals surface area contributed by atoms with E-state index in [2.05, 4.69) is 27.2 Å². The van der Waals surface area contributed by atoms with Gasteiger partial charge >= 0.3 is 0 Å². The van der Waals surface area contributed by atoms with Crippen molar-refractivity contribution < 1.29 is 0 Å². The van der Waals surface area contributed by atoms with Crippen LogP contribution in [0.1, 0.15) is 17.4 Å². The molecule has 3 rings (SSSR count). The lowest BCUT2D eigenvalue weighted by atomic mass is 10.3. The molecule has 1 unspecified atom stereocenters. The first-order chi connectivity index (χ1) is 7.84. The third-order valence-corrected chi connectivity index (χ3v) is 3.93. The molecule has 1 aliphatic heterocycles. The Morgan fingerprint density at radius 3 is 3.19 bits per heavy atom. The minimum Gasteiger partial charge on any atom is -0.339 e. The van der Waals surface area contributed by atoms with E-state index in [0.29, 0.717) is 6.04 Å². The number of thioether (sulfide) groups is 1. The number of nitrogens with zero attached hydrogens (tertiary/aromatic N) is 2. The van der Waals surface area contributed by atoms with Crippen molar-refractivity contribution in [1.29, 1.82) is 0 Å². The first kappa shape index (κ1) is 10.1. The highest BCUT2D eigenvalue weighted by atomic mass is 32.2. The number of rotatable bonds is 1. The van der Waals surface area contributed by atoms with Crippen LogP contribution < -0.4 is 5.32 Å². The number of aromatic nitrogens is 3. The van der Waals surface area contributed by atoms with Gasteiger partial charge in [-0.3, -0.25) is 0 Å². The zero-order valence-corrected chi connectivity index (χ0v) is 9.97. The molecule has 1 fully saturated rings. The molecule has 0 saturated carbocycles. The van der Waals surface area contributed by atoms with E-state index in [1.807, 2.05) is 24.0 Å². The van der Waals surface area contributed by atoms with Crippen LogP contribution in [-0.2, 0) is 0 Å². The van der Waals surface area contributed by atoms with Crippen LogP contribution in [0.5, 0.6) is 0 Å². The second-order valence-electron chi connectivity index (χ2n) is 4.03. The summed E-state index contributed by atoms with van der Waals surface area (Å²) in [7, 11) is 0. The summed E-state index contributed by atoms with van der Waals surface area (Å²) in [6.45, 7) is 3.13. The number of hydrogen-bond acceptors (Lipinski definition) is 4. The van der Waals surface area contributed by atoms with E-state index in [-0.39, 0.29) is 0 Å². The number of H-pyrrole nitrogens is 1. The molecule has 2 aromatic rings. The van der Waals surface area contributed by atoms with Gasteiger partial charge in [-0.15, -0.1) is 0 Å². The predicted octanol–water partition coefficient (Wildman–Crippen LogP) is 1.64. The van der Waals surface area contributed by atoms with Crippen LogP contribution in [0.3, 0.4) is 0 Å². The second kappa shape index (κ2) is 4.07. The highest BCUT2D eigenvalue weighted by Crippen LogP contribution is 2.22. The van der Waals surface area contributed by atoms with Gasteiger partial charge in [0.2, 0.25) is 0 Å². The predicted molar refractivity (Wildman–Crippen MR) is 66.7 cm³/mol. The molecule has 0 bridgehead atoms. The van der Waals surface area contributed by atoms with Gasteiger partial charge in [0, 0.05) is 24.2 Å². The van der Waals surface area contributed by atoms with Crippen LogP contribution in [0.2, 0.25) is 0 Å². The summed E-state index contributed by atoms with van der Waals surface area (Å²) in [6.07, 6.45) is 1.81. The number of fused-ring (bicyclic) bond motifs is 1. The molecule has 0 amide bonds. The third kappa shape index (κ3) is 1.70. The lowest BCUT2D eigenvalue weighted by molar-refractivity contribution is 0.570. The first-order valence-electron chi connectivity index (χ1n) is 5.47. The van der Waals surface area contributed by atoms with Gasteiger partial charge in [0.25, 0.3) is 0 Å². The Morgan fingerprint density at radius 2 is 2.44 bits per heavy atom. The van der Waals surface area contributed by atoms with Crippen LogP contribution in [-0.4, -0.2) is 33.0 Å². The van der Waals surface area contributed by atoms with E-state index in [1.165, 1.54) is 11.3 Å². The molecule has 1 saturated heterocycles. The molecule has 4 nitrogen and oxygen atoms in total. The monoisotopic (exact) mass is 234 g/mol. The van der Waals surface area contributed by atoms with Crippen molar-refractivity contribution in [2.75, 3.05) is 18.1 Å². The van der Waals surface area contributed by atoms with Crippen molar-refractivity contribution in [2.45, 2.75) is 13.0 Å². The summed E-state index contributed by atoms with van der Waals surface area (Å²) in [6, 6.07) is 2.35. The Hall–Kier alpha value is -1.07. The quantitative estimate of drug-likeness (QED) is 0.787. The molecule has 1 atom stereocenters. The van der Waals surface area contributed by atoms with Crippen molar-refractivity contribution >= 4 is 22.9 Å². The molecular weight excluding hydrogens is 220 g/mol.